The Hall–Kier alpha value is -0.820. The number of Topliss-reactive ketones (excluding diaryl/α,β-unsaturated/α-hetero) is 1. The first-order valence-electron chi connectivity index (χ1n) is 4.80. The van der Waals surface area contributed by atoms with Gasteiger partial charge >= 0.3 is 0 Å². The van der Waals surface area contributed by atoms with Crippen LogP contribution in [0.1, 0.15) is 42.6 Å². The fourth-order valence-electron chi connectivity index (χ4n) is 1.28. The van der Waals surface area contributed by atoms with E-state index in [2.05, 4.69) is 13.8 Å². The zero-order valence-electron chi connectivity index (χ0n) is 8.75. The SMILES string of the molecule is CC(Cl)C(=O)c1cccc(C(C)C)c1. The molecule has 0 amide bonds. The third-order valence-corrected chi connectivity index (χ3v) is 2.40. The first kappa shape index (κ1) is 11.3. The molecule has 1 atom stereocenters. The summed E-state index contributed by atoms with van der Waals surface area (Å²) in [5, 5.41) is -0.447. The topological polar surface area (TPSA) is 17.1 Å². The Labute approximate surface area is 90.1 Å². The molecule has 0 aliphatic heterocycles. The van der Waals surface area contributed by atoms with Gasteiger partial charge in [-0.2, -0.15) is 0 Å². The molecule has 0 aromatic heterocycles. The lowest BCUT2D eigenvalue weighted by Crippen LogP contribution is -2.10. The molecule has 76 valence electrons. The molecule has 0 fully saturated rings. The largest absolute Gasteiger partial charge is 0.293 e. The summed E-state index contributed by atoms with van der Waals surface area (Å²) in [5.41, 5.74) is 1.88. The Kier molecular flexibility index (Phi) is 3.70. The summed E-state index contributed by atoms with van der Waals surface area (Å²) in [6.07, 6.45) is 0. The number of carbonyl (C=O) groups excluding carboxylic acids is 1. The van der Waals surface area contributed by atoms with Crippen LogP contribution in [0.15, 0.2) is 24.3 Å². The number of alkyl halides is 1. The highest BCUT2D eigenvalue weighted by atomic mass is 35.5. The van der Waals surface area contributed by atoms with Gasteiger partial charge < -0.3 is 0 Å². The first-order chi connectivity index (χ1) is 6.52. The number of halogens is 1. The highest BCUT2D eigenvalue weighted by Crippen LogP contribution is 2.17. The van der Waals surface area contributed by atoms with Gasteiger partial charge in [0.05, 0.1) is 5.38 Å². The summed E-state index contributed by atoms with van der Waals surface area (Å²) in [4.78, 5) is 11.6. The lowest BCUT2D eigenvalue weighted by Gasteiger charge is -2.08. The Bertz CT molecular complexity index is 329. The van der Waals surface area contributed by atoms with Crippen LogP contribution in [0.4, 0.5) is 0 Å². The Morgan fingerprint density at radius 2 is 1.93 bits per heavy atom. The highest BCUT2D eigenvalue weighted by molar-refractivity contribution is 6.33. The van der Waals surface area contributed by atoms with Crippen molar-refractivity contribution >= 4 is 17.4 Å². The summed E-state index contributed by atoms with van der Waals surface area (Å²) >= 11 is 5.75. The molecule has 0 saturated carbocycles. The van der Waals surface area contributed by atoms with Crippen molar-refractivity contribution in [2.24, 2.45) is 0 Å². The van der Waals surface area contributed by atoms with Gasteiger partial charge in [-0.15, -0.1) is 11.6 Å². The van der Waals surface area contributed by atoms with E-state index in [1.807, 2.05) is 24.3 Å². The van der Waals surface area contributed by atoms with E-state index in [-0.39, 0.29) is 5.78 Å². The van der Waals surface area contributed by atoms with Crippen LogP contribution in [0.3, 0.4) is 0 Å². The monoisotopic (exact) mass is 210 g/mol. The summed E-state index contributed by atoms with van der Waals surface area (Å²) in [6.45, 7) is 5.91. The first-order valence-corrected chi connectivity index (χ1v) is 5.24. The number of rotatable bonds is 3. The molecule has 14 heavy (non-hydrogen) atoms. The lowest BCUT2D eigenvalue weighted by molar-refractivity contribution is 0.0991. The van der Waals surface area contributed by atoms with Crippen LogP contribution in [0.2, 0.25) is 0 Å². The molecule has 0 aliphatic carbocycles. The van der Waals surface area contributed by atoms with Gasteiger partial charge in [0.2, 0.25) is 0 Å². The van der Waals surface area contributed by atoms with Gasteiger partial charge in [-0.05, 0) is 24.5 Å². The Morgan fingerprint density at radius 1 is 1.29 bits per heavy atom. The van der Waals surface area contributed by atoms with Crippen molar-refractivity contribution in [3.05, 3.63) is 35.4 Å². The minimum atomic E-state index is -0.447. The maximum absolute atomic E-state index is 11.6. The standard InChI is InChI=1S/C12H15ClO/c1-8(2)10-5-4-6-11(7-10)12(14)9(3)13/h4-9H,1-3H3. The third-order valence-electron chi connectivity index (χ3n) is 2.20. The molecule has 0 N–H and O–H groups in total. The van der Waals surface area contributed by atoms with E-state index < -0.39 is 5.38 Å². The van der Waals surface area contributed by atoms with Crippen LogP contribution >= 0.6 is 11.6 Å². The average molecular weight is 211 g/mol. The van der Waals surface area contributed by atoms with E-state index in [4.69, 9.17) is 11.6 Å². The van der Waals surface area contributed by atoms with Gasteiger partial charge in [0, 0.05) is 5.56 Å². The predicted octanol–water partition coefficient (Wildman–Crippen LogP) is 3.62. The molecule has 0 radical (unpaired) electrons. The summed E-state index contributed by atoms with van der Waals surface area (Å²) in [6, 6.07) is 7.67. The zero-order valence-corrected chi connectivity index (χ0v) is 9.51. The number of carbonyl (C=O) groups is 1. The zero-order chi connectivity index (χ0) is 10.7. The van der Waals surface area contributed by atoms with Gasteiger partial charge in [0.15, 0.2) is 5.78 Å². The molecule has 0 bridgehead atoms. The van der Waals surface area contributed by atoms with Crippen molar-refractivity contribution in [2.45, 2.75) is 32.1 Å². The Balaban J connectivity index is 3.00. The molecule has 1 rings (SSSR count). The highest BCUT2D eigenvalue weighted by Gasteiger charge is 2.12. The molecule has 0 saturated heterocycles. The average Bonchev–Trinajstić information content (AvgIpc) is 2.16. The van der Waals surface area contributed by atoms with Gasteiger partial charge in [-0.1, -0.05) is 32.0 Å². The molecule has 1 aromatic rings. The second-order valence-electron chi connectivity index (χ2n) is 3.76. The number of benzene rings is 1. The Morgan fingerprint density at radius 3 is 2.43 bits per heavy atom. The van der Waals surface area contributed by atoms with Crippen LogP contribution in [0, 0.1) is 0 Å². The second-order valence-corrected chi connectivity index (χ2v) is 4.42. The van der Waals surface area contributed by atoms with Gasteiger partial charge in [0.1, 0.15) is 0 Å². The van der Waals surface area contributed by atoms with E-state index >= 15 is 0 Å². The van der Waals surface area contributed by atoms with Crippen molar-refractivity contribution in [3.8, 4) is 0 Å². The van der Waals surface area contributed by atoms with E-state index in [9.17, 15) is 4.79 Å². The van der Waals surface area contributed by atoms with Crippen LogP contribution in [0.25, 0.3) is 0 Å². The maximum atomic E-state index is 11.6. The minimum Gasteiger partial charge on any atom is -0.293 e. The van der Waals surface area contributed by atoms with Crippen molar-refractivity contribution < 1.29 is 4.79 Å². The normalized spacial score (nSPS) is 12.9. The van der Waals surface area contributed by atoms with E-state index in [1.54, 1.807) is 6.92 Å². The van der Waals surface area contributed by atoms with Crippen molar-refractivity contribution in [2.75, 3.05) is 0 Å². The minimum absolute atomic E-state index is 0.00540. The molecule has 0 heterocycles. The maximum Gasteiger partial charge on any atom is 0.180 e. The third kappa shape index (κ3) is 2.58. The smallest absolute Gasteiger partial charge is 0.180 e. The number of hydrogen-bond acceptors (Lipinski definition) is 1. The van der Waals surface area contributed by atoms with Crippen molar-refractivity contribution in [1.29, 1.82) is 0 Å². The second kappa shape index (κ2) is 4.61. The lowest BCUT2D eigenvalue weighted by atomic mass is 9.99. The molecule has 1 unspecified atom stereocenters. The van der Waals surface area contributed by atoms with E-state index in [0.717, 1.165) is 0 Å². The van der Waals surface area contributed by atoms with Crippen molar-refractivity contribution in [3.63, 3.8) is 0 Å². The summed E-state index contributed by atoms with van der Waals surface area (Å²) in [7, 11) is 0. The van der Waals surface area contributed by atoms with Crippen LogP contribution < -0.4 is 0 Å². The molecule has 0 spiro atoms. The van der Waals surface area contributed by atoms with E-state index in [0.29, 0.717) is 11.5 Å². The van der Waals surface area contributed by atoms with Gasteiger partial charge in [0.25, 0.3) is 0 Å². The van der Waals surface area contributed by atoms with Crippen LogP contribution in [0.5, 0.6) is 0 Å². The molecular weight excluding hydrogens is 196 g/mol. The predicted molar refractivity (Wildman–Crippen MR) is 60.2 cm³/mol. The fourth-order valence-corrected chi connectivity index (χ4v) is 1.41. The molecule has 1 aromatic carbocycles. The molecule has 1 nitrogen and oxygen atoms in total. The quantitative estimate of drug-likeness (QED) is 0.550. The molecular formula is C12H15ClO. The van der Waals surface area contributed by atoms with Gasteiger partial charge in [-0.3, -0.25) is 4.79 Å². The van der Waals surface area contributed by atoms with Crippen LogP contribution in [-0.4, -0.2) is 11.2 Å². The summed E-state index contributed by atoms with van der Waals surface area (Å²) < 4.78 is 0. The molecule has 2 heteroatoms. The number of ketones is 1. The molecule has 0 aliphatic rings. The fraction of sp³-hybridized carbons (Fsp3) is 0.417. The number of hydrogen-bond donors (Lipinski definition) is 0. The van der Waals surface area contributed by atoms with Crippen LogP contribution in [-0.2, 0) is 0 Å². The van der Waals surface area contributed by atoms with Gasteiger partial charge in [-0.25, -0.2) is 0 Å². The van der Waals surface area contributed by atoms with Crippen molar-refractivity contribution in [1.82, 2.24) is 0 Å². The summed E-state index contributed by atoms with van der Waals surface area (Å²) in [5.74, 6) is 0.433. The van der Waals surface area contributed by atoms with E-state index in [1.165, 1.54) is 5.56 Å².